The second kappa shape index (κ2) is 5.79. The Bertz CT molecular complexity index is 658. The maximum absolute atomic E-state index is 11.2. The van der Waals surface area contributed by atoms with Crippen LogP contribution in [0.1, 0.15) is 16.1 Å². The molecule has 7 heteroatoms. The van der Waals surface area contributed by atoms with Gasteiger partial charge in [-0.25, -0.2) is 4.79 Å². The molecule has 0 N–H and O–H groups in total. The highest BCUT2D eigenvalue weighted by atomic mass is 16.6. The van der Waals surface area contributed by atoms with Gasteiger partial charge in [-0.1, -0.05) is 0 Å². The van der Waals surface area contributed by atoms with Crippen LogP contribution < -0.4 is 0 Å². The maximum atomic E-state index is 11.2. The molecule has 0 bridgehead atoms. The molecular weight excluding hydrogens is 264 g/mol. The summed E-state index contributed by atoms with van der Waals surface area (Å²) in [5.74, 6) is -0.497. The summed E-state index contributed by atoms with van der Waals surface area (Å²) in [7, 11) is 1.30. The van der Waals surface area contributed by atoms with E-state index in [-0.39, 0.29) is 11.6 Å². The van der Waals surface area contributed by atoms with Gasteiger partial charge >= 0.3 is 11.9 Å². The minimum atomic E-state index is -0.623. The van der Waals surface area contributed by atoms with E-state index in [1.54, 1.807) is 24.3 Å². The molecule has 0 amide bonds. The number of ether oxygens (including phenoxy) is 1. The molecule has 102 valence electrons. The normalized spacial score (nSPS) is 10.7. The van der Waals surface area contributed by atoms with Gasteiger partial charge in [-0.05, 0) is 30.3 Å². The summed E-state index contributed by atoms with van der Waals surface area (Å²) >= 11 is 0. The lowest BCUT2D eigenvalue weighted by atomic mass is 10.2. The summed E-state index contributed by atoms with van der Waals surface area (Å²) < 4.78 is 9.50. The Labute approximate surface area is 113 Å². The van der Waals surface area contributed by atoms with Gasteiger partial charge in [-0.2, -0.15) is 0 Å². The minimum absolute atomic E-state index is 0.272. The highest BCUT2D eigenvalue weighted by Crippen LogP contribution is 2.17. The Kier molecular flexibility index (Phi) is 3.90. The van der Waals surface area contributed by atoms with Crippen LogP contribution in [0.25, 0.3) is 0 Å². The molecule has 0 aliphatic carbocycles. The highest BCUT2D eigenvalue weighted by molar-refractivity contribution is 5.89. The van der Waals surface area contributed by atoms with Gasteiger partial charge in [0, 0.05) is 0 Å². The third-order valence-corrected chi connectivity index (χ3v) is 2.42. The van der Waals surface area contributed by atoms with Gasteiger partial charge in [-0.15, -0.1) is 0 Å². The van der Waals surface area contributed by atoms with Gasteiger partial charge in [0.05, 0.1) is 30.6 Å². The molecule has 2 aromatic rings. The SMILES string of the molecule is COC(=O)c1ccc(N=Cc2ccc([N+](=O)[O-])o2)cc1. The Hall–Kier alpha value is -2.96. The second-order valence-corrected chi connectivity index (χ2v) is 3.73. The molecule has 0 saturated carbocycles. The molecule has 0 aliphatic rings. The van der Waals surface area contributed by atoms with Crippen molar-refractivity contribution in [3.05, 3.63) is 57.8 Å². The number of nitro groups is 1. The molecule has 0 radical (unpaired) electrons. The molecule has 0 unspecified atom stereocenters. The third-order valence-electron chi connectivity index (χ3n) is 2.42. The summed E-state index contributed by atoms with van der Waals surface area (Å²) in [6.45, 7) is 0. The monoisotopic (exact) mass is 274 g/mol. The van der Waals surface area contributed by atoms with E-state index >= 15 is 0 Å². The van der Waals surface area contributed by atoms with Crippen LogP contribution in [0.2, 0.25) is 0 Å². The second-order valence-electron chi connectivity index (χ2n) is 3.73. The molecule has 0 spiro atoms. The lowest BCUT2D eigenvalue weighted by Gasteiger charge is -1.98. The molecule has 1 aromatic heterocycles. The summed E-state index contributed by atoms with van der Waals surface area (Å²) in [6.07, 6.45) is 1.36. The number of benzene rings is 1. The molecule has 0 saturated heterocycles. The largest absolute Gasteiger partial charge is 0.465 e. The van der Waals surface area contributed by atoms with Crippen LogP contribution in [-0.4, -0.2) is 24.2 Å². The molecule has 0 atom stereocenters. The smallest absolute Gasteiger partial charge is 0.433 e. The Balaban J connectivity index is 2.10. The first-order valence-corrected chi connectivity index (χ1v) is 5.57. The summed E-state index contributed by atoms with van der Waals surface area (Å²) in [6, 6.07) is 9.10. The summed E-state index contributed by atoms with van der Waals surface area (Å²) in [5, 5.41) is 10.4. The number of nitrogens with zero attached hydrogens (tertiary/aromatic N) is 2. The van der Waals surface area contributed by atoms with E-state index in [9.17, 15) is 14.9 Å². The van der Waals surface area contributed by atoms with Gasteiger partial charge in [0.15, 0.2) is 5.76 Å². The van der Waals surface area contributed by atoms with Gasteiger partial charge in [0.1, 0.15) is 4.92 Å². The summed E-state index contributed by atoms with van der Waals surface area (Å²) in [4.78, 5) is 25.1. The number of furan rings is 1. The van der Waals surface area contributed by atoms with Gasteiger partial charge in [0.25, 0.3) is 0 Å². The number of rotatable bonds is 4. The third kappa shape index (κ3) is 3.08. The van der Waals surface area contributed by atoms with Crippen molar-refractivity contribution in [1.29, 1.82) is 0 Å². The van der Waals surface area contributed by atoms with Gasteiger partial charge in [-0.3, -0.25) is 15.1 Å². The fourth-order valence-electron chi connectivity index (χ4n) is 1.45. The van der Waals surface area contributed by atoms with Crippen molar-refractivity contribution >= 4 is 23.8 Å². The molecule has 0 aliphatic heterocycles. The average Bonchev–Trinajstić information content (AvgIpc) is 2.94. The van der Waals surface area contributed by atoms with Crippen molar-refractivity contribution in [3.8, 4) is 0 Å². The molecule has 0 fully saturated rings. The van der Waals surface area contributed by atoms with Crippen LogP contribution in [0.5, 0.6) is 0 Å². The Morgan fingerprint density at radius 2 is 2.00 bits per heavy atom. The zero-order valence-corrected chi connectivity index (χ0v) is 10.5. The van der Waals surface area contributed by atoms with E-state index in [1.165, 1.54) is 25.5 Å². The van der Waals surface area contributed by atoms with E-state index in [2.05, 4.69) is 9.73 Å². The molecular formula is C13H10N2O5. The number of hydrogen-bond acceptors (Lipinski definition) is 6. The number of esters is 1. The van der Waals surface area contributed by atoms with Crippen molar-refractivity contribution in [1.82, 2.24) is 0 Å². The fraction of sp³-hybridized carbons (Fsp3) is 0.0769. The van der Waals surface area contributed by atoms with Gasteiger partial charge in [0.2, 0.25) is 0 Å². The fourth-order valence-corrected chi connectivity index (χ4v) is 1.45. The van der Waals surface area contributed by atoms with Crippen LogP contribution in [0.4, 0.5) is 11.6 Å². The first-order chi connectivity index (χ1) is 9.60. The minimum Gasteiger partial charge on any atom is -0.465 e. The first kappa shape index (κ1) is 13.5. The Morgan fingerprint density at radius 3 is 2.55 bits per heavy atom. The van der Waals surface area contributed by atoms with Crippen molar-refractivity contribution < 1.29 is 18.9 Å². The van der Waals surface area contributed by atoms with Crippen LogP contribution >= 0.6 is 0 Å². The van der Waals surface area contributed by atoms with E-state index < -0.39 is 10.9 Å². The van der Waals surface area contributed by atoms with Crippen molar-refractivity contribution in [3.63, 3.8) is 0 Å². The van der Waals surface area contributed by atoms with Crippen LogP contribution in [0.15, 0.2) is 45.8 Å². The van der Waals surface area contributed by atoms with Gasteiger partial charge < -0.3 is 9.15 Å². The predicted octanol–water partition coefficient (Wildman–Crippen LogP) is 2.73. The molecule has 1 heterocycles. The lowest BCUT2D eigenvalue weighted by molar-refractivity contribution is -0.402. The number of hydrogen-bond donors (Lipinski definition) is 0. The van der Waals surface area contributed by atoms with Crippen LogP contribution in [0.3, 0.4) is 0 Å². The average molecular weight is 274 g/mol. The molecule has 2 rings (SSSR count). The zero-order chi connectivity index (χ0) is 14.5. The predicted molar refractivity (Wildman–Crippen MR) is 70.4 cm³/mol. The number of carbonyl (C=O) groups excluding carboxylic acids is 1. The van der Waals surface area contributed by atoms with Crippen LogP contribution in [-0.2, 0) is 4.74 Å². The molecule has 7 nitrogen and oxygen atoms in total. The van der Waals surface area contributed by atoms with Crippen LogP contribution in [0, 0.1) is 10.1 Å². The van der Waals surface area contributed by atoms with Crippen molar-refractivity contribution in [2.24, 2.45) is 4.99 Å². The topological polar surface area (TPSA) is 94.9 Å². The number of aliphatic imine (C=N–C) groups is 1. The quantitative estimate of drug-likeness (QED) is 0.369. The van der Waals surface area contributed by atoms with E-state index in [4.69, 9.17) is 4.42 Å². The molecule has 1 aromatic carbocycles. The maximum Gasteiger partial charge on any atom is 0.433 e. The standard InChI is InChI=1S/C13H10N2O5/c1-19-13(16)9-2-4-10(5-3-9)14-8-11-6-7-12(20-11)15(17)18/h2-8H,1H3. The lowest BCUT2D eigenvalue weighted by Crippen LogP contribution is -1.99. The van der Waals surface area contributed by atoms with Crippen molar-refractivity contribution in [2.45, 2.75) is 0 Å². The first-order valence-electron chi connectivity index (χ1n) is 5.57. The Morgan fingerprint density at radius 1 is 1.30 bits per heavy atom. The number of carbonyl (C=O) groups is 1. The van der Waals surface area contributed by atoms with Crippen molar-refractivity contribution in [2.75, 3.05) is 7.11 Å². The van der Waals surface area contributed by atoms with E-state index in [0.717, 1.165) is 0 Å². The number of methoxy groups -OCH3 is 1. The molecule has 20 heavy (non-hydrogen) atoms. The zero-order valence-electron chi connectivity index (χ0n) is 10.5. The van der Waals surface area contributed by atoms with E-state index in [0.29, 0.717) is 11.3 Å². The van der Waals surface area contributed by atoms with E-state index in [1.807, 2.05) is 0 Å². The highest BCUT2D eigenvalue weighted by Gasteiger charge is 2.10. The summed E-state index contributed by atoms with van der Waals surface area (Å²) in [5.41, 5.74) is 0.997.